The summed E-state index contributed by atoms with van der Waals surface area (Å²) >= 11 is 0. The number of unbranched alkanes of at least 4 members (excludes halogenated alkanes) is 6. The van der Waals surface area contributed by atoms with Crippen LogP contribution in [0.3, 0.4) is 0 Å². The smallest absolute Gasteiger partial charge is 0.164 e. The van der Waals surface area contributed by atoms with Crippen LogP contribution in [0.1, 0.15) is 76.3 Å². The van der Waals surface area contributed by atoms with Gasteiger partial charge in [-0.1, -0.05) is 156 Å². The highest BCUT2D eigenvalue weighted by Gasteiger charge is 2.18. The molecule has 0 saturated carbocycles. The van der Waals surface area contributed by atoms with Gasteiger partial charge in [0.2, 0.25) is 0 Å². The van der Waals surface area contributed by atoms with Crippen molar-refractivity contribution in [2.24, 2.45) is 0 Å². The summed E-state index contributed by atoms with van der Waals surface area (Å²) in [5.41, 5.74) is 7.76. The van der Waals surface area contributed by atoms with Gasteiger partial charge in [0, 0.05) is 27.5 Å². The van der Waals surface area contributed by atoms with Gasteiger partial charge >= 0.3 is 0 Å². The Morgan fingerprint density at radius 2 is 0.873 bits per heavy atom. The van der Waals surface area contributed by atoms with Crippen molar-refractivity contribution in [3.8, 4) is 34.2 Å². The first-order chi connectivity index (χ1) is 27.2. The molecule has 0 aliphatic rings. The lowest BCUT2D eigenvalue weighted by Crippen LogP contribution is -2.00. The lowest BCUT2D eigenvalue weighted by atomic mass is 9.87. The number of nitrogens with zero attached hydrogens (tertiary/aromatic N) is 3. The topological polar surface area (TPSA) is 51.8 Å². The quantitative estimate of drug-likeness (QED) is 0.0880. The molecule has 0 aliphatic heterocycles. The molecule has 0 radical (unpaired) electrons. The average Bonchev–Trinajstić information content (AvgIpc) is 3.61. The first-order valence-corrected chi connectivity index (χ1v) is 20.3. The van der Waals surface area contributed by atoms with Crippen LogP contribution in [0.25, 0.3) is 88.4 Å². The van der Waals surface area contributed by atoms with Crippen LogP contribution < -0.4 is 0 Å². The predicted octanol–water partition coefficient (Wildman–Crippen LogP) is 14.5. The minimum Gasteiger partial charge on any atom is -0.456 e. The molecule has 0 bridgehead atoms. The van der Waals surface area contributed by atoms with Crippen LogP contribution in [0.5, 0.6) is 0 Å². The number of rotatable bonds is 13. The monoisotopic (exact) mass is 717 g/mol. The van der Waals surface area contributed by atoms with E-state index in [1.807, 2.05) is 36.4 Å². The first kappa shape index (κ1) is 34.9. The molecule has 4 nitrogen and oxygen atoms in total. The van der Waals surface area contributed by atoms with Gasteiger partial charge in [0.05, 0.1) is 0 Å². The molecule has 2 heterocycles. The molecule has 0 N–H and O–H groups in total. The van der Waals surface area contributed by atoms with Gasteiger partial charge in [0.25, 0.3) is 0 Å². The van der Waals surface area contributed by atoms with Crippen LogP contribution in [0.4, 0.5) is 0 Å². The standard InChI is InChI=1S/C51H47N3O/c1-3-5-7-11-23-36-29-42-41-31-38(51-53-49(34-19-13-9-14-20-34)52-50(54-51)35-21-15-10-16-22-35)27-28-39(41)45-33-48-46(40-25-17-18-26-47(40)55-48)32-44(45)43(42)30-37(36)24-12-8-6-4-2/h9-10,13-22,25-33H,3-8,11-12,23-24H2,1-2H3. The van der Waals surface area contributed by atoms with Gasteiger partial charge in [0.15, 0.2) is 17.5 Å². The summed E-state index contributed by atoms with van der Waals surface area (Å²) in [7, 11) is 0. The Morgan fingerprint density at radius 1 is 0.364 bits per heavy atom. The summed E-state index contributed by atoms with van der Waals surface area (Å²) in [5.74, 6) is 2.01. The van der Waals surface area contributed by atoms with E-state index in [0.717, 1.165) is 46.1 Å². The number of benzene rings is 7. The van der Waals surface area contributed by atoms with Crippen LogP contribution in [0.2, 0.25) is 0 Å². The van der Waals surface area contributed by atoms with E-state index in [1.165, 1.54) is 100 Å². The fourth-order valence-electron chi connectivity index (χ4n) is 8.38. The lowest BCUT2D eigenvalue weighted by molar-refractivity contribution is 0.651. The van der Waals surface area contributed by atoms with Gasteiger partial charge < -0.3 is 4.42 Å². The van der Waals surface area contributed by atoms with Gasteiger partial charge in [-0.05, 0) is 93.4 Å². The Hall–Kier alpha value is -5.87. The van der Waals surface area contributed by atoms with Crippen molar-refractivity contribution < 1.29 is 4.42 Å². The average molecular weight is 718 g/mol. The van der Waals surface area contributed by atoms with E-state index in [9.17, 15) is 0 Å². The zero-order chi connectivity index (χ0) is 37.1. The third kappa shape index (κ3) is 6.87. The van der Waals surface area contributed by atoms with E-state index >= 15 is 0 Å². The molecular weight excluding hydrogens is 671 g/mol. The summed E-state index contributed by atoms with van der Waals surface area (Å²) in [4.78, 5) is 15.2. The third-order valence-electron chi connectivity index (χ3n) is 11.3. The molecule has 2 aromatic heterocycles. The van der Waals surface area contributed by atoms with Gasteiger partial charge in [-0.25, -0.2) is 15.0 Å². The van der Waals surface area contributed by atoms with Gasteiger partial charge in [-0.2, -0.15) is 0 Å². The first-order valence-electron chi connectivity index (χ1n) is 20.3. The van der Waals surface area contributed by atoms with E-state index in [-0.39, 0.29) is 0 Å². The number of aryl methyl sites for hydroxylation is 2. The highest BCUT2D eigenvalue weighted by Crippen LogP contribution is 2.42. The molecular formula is C51H47N3O. The SMILES string of the molecule is CCCCCCc1cc2c3cc(-c4nc(-c5ccccc5)nc(-c5ccccc5)n4)ccc3c3cc4oc5ccccc5c4cc3c2cc1CCCCCC. The highest BCUT2D eigenvalue weighted by atomic mass is 16.3. The van der Waals surface area contributed by atoms with Crippen molar-refractivity contribution >= 4 is 54.3 Å². The van der Waals surface area contributed by atoms with Crippen LogP contribution in [0, 0.1) is 0 Å². The molecule has 4 heteroatoms. The van der Waals surface area contributed by atoms with Crippen molar-refractivity contribution in [2.45, 2.75) is 78.1 Å². The molecule has 9 rings (SSSR count). The summed E-state index contributed by atoms with van der Waals surface area (Å²) in [5, 5.41) is 9.83. The molecule has 0 unspecified atom stereocenters. The number of hydrogen-bond acceptors (Lipinski definition) is 4. The number of para-hydroxylation sites is 1. The van der Waals surface area contributed by atoms with E-state index in [0.29, 0.717) is 17.5 Å². The van der Waals surface area contributed by atoms with E-state index in [1.54, 1.807) is 0 Å². The second-order valence-corrected chi connectivity index (χ2v) is 15.1. The molecule has 55 heavy (non-hydrogen) atoms. The van der Waals surface area contributed by atoms with E-state index in [4.69, 9.17) is 19.4 Å². The normalized spacial score (nSPS) is 11.8. The Bertz CT molecular complexity index is 2730. The van der Waals surface area contributed by atoms with Gasteiger partial charge in [-0.15, -0.1) is 0 Å². The number of hydrogen-bond donors (Lipinski definition) is 0. The van der Waals surface area contributed by atoms with E-state index < -0.39 is 0 Å². The van der Waals surface area contributed by atoms with Crippen LogP contribution in [-0.4, -0.2) is 15.0 Å². The molecule has 0 spiro atoms. The molecule has 0 amide bonds. The van der Waals surface area contributed by atoms with Crippen molar-refractivity contribution in [2.75, 3.05) is 0 Å². The molecule has 0 saturated heterocycles. The number of aromatic nitrogens is 3. The molecule has 7 aromatic carbocycles. The summed E-state index contributed by atoms with van der Waals surface area (Å²) < 4.78 is 6.48. The van der Waals surface area contributed by atoms with Crippen molar-refractivity contribution in [3.05, 3.63) is 139 Å². The van der Waals surface area contributed by atoms with Crippen molar-refractivity contribution in [1.82, 2.24) is 15.0 Å². The minimum atomic E-state index is 0.669. The van der Waals surface area contributed by atoms with Crippen LogP contribution in [0.15, 0.2) is 132 Å². The second-order valence-electron chi connectivity index (χ2n) is 15.1. The largest absolute Gasteiger partial charge is 0.456 e. The zero-order valence-electron chi connectivity index (χ0n) is 31.9. The van der Waals surface area contributed by atoms with Crippen molar-refractivity contribution in [1.29, 1.82) is 0 Å². The van der Waals surface area contributed by atoms with Gasteiger partial charge in [-0.3, -0.25) is 0 Å². The van der Waals surface area contributed by atoms with E-state index in [2.05, 4.69) is 105 Å². The maximum absolute atomic E-state index is 6.48. The zero-order valence-corrected chi connectivity index (χ0v) is 31.9. The number of furan rings is 1. The molecule has 9 aromatic rings. The maximum Gasteiger partial charge on any atom is 0.164 e. The summed E-state index contributed by atoms with van der Waals surface area (Å²) in [6, 6.07) is 45.4. The van der Waals surface area contributed by atoms with Crippen LogP contribution >= 0.6 is 0 Å². The lowest BCUT2D eigenvalue weighted by Gasteiger charge is -2.17. The maximum atomic E-state index is 6.48. The fraction of sp³-hybridized carbons (Fsp3) is 0.235. The number of fused-ring (bicyclic) bond motifs is 9. The minimum absolute atomic E-state index is 0.669. The third-order valence-corrected chi connectivity index (χ3v) is 11.3. The Labute approximate surface area is 323 Å². The fourth-order valence-corrected chi connectivity index (χ4v) is 8.38. The Morgan fingerprint density at radius 3 is 1.47 bits per heavy atom. The second kappa shape index (κ2) is 15.5. The summed E-state index contributed by atoms with van der Waals surface area (Å²) in [6.07, 6.45) is 12.3. The van der Waals surface area contributed by atoms with Crippen molar-refractivity contribution in [3.63, 3.8) is 0 Å². The van der Waals surface area contributed by atoms with Crippen LogP contribution in [-0.2, 0) is 12.8 Å². The predicted molar refractivity (Wildman–Crippen MR) is 232 cm³/mol. The molecule has 0 fully saturated rings. The highest BCUT2D eigenvalue weighted by molar-refractivity contribution is 6.28. The van der Waals surface area contributed by atoms with Gasteiger partial charge in [0.1, 0.15) is 11.2 Å². The Kier molecular flexibility index (Phi) is 9.81. The summed E-state index contributed by atoms with van der Waals surface area (Å²) in [6.45, 7) is 4.59. The molecule has 0 atom stereocenters. The molecule has 272 valence electrons. The Balaban J connectivity index is 1.30. The molecule has 0 aliphatic carbocycles.